The molecule has 0 aliphatic rings. The van der Waals surface area contributed by atoms with Crippen molar-refractivity contribution >= 4 is 23.5 Å². The van der Waals surface area contributed by atoms with Crippen molar-refractivity contribution in [2.24, 2.45) is 0 Å². The van der Waals surface area contributed by atoms with E-state index < -0.39 is 11.9 Å². The van der Waals surface area contributed by atoms with Gasteiger partial charge in [-0.2, -0.15) is 0 Å². The number of methoxy groups -OCH3 is 1. The van der Waals surface area contributed by atoms with Crippen molar-refractivity contribution in [3.8, 4) is 5.75 Å². The minimum absolute atomic E-state index is 0.718. The zero-order valence-electron chi connectivity index (χ0n) is 11.1. The number of nitrogens with one attached hydrogen (secondary N) is 1. The second kappa shape index (κ2) is 11.1. The molecular formula is C13H18ClNO5. The van der Waals surface area contributed by atoms with E-state index in [0.29, 0.717) is 0 Å². The SMILES string of the molecule is COc1ccc(CNCCCCl)cc1.O=C(O)C(=O)O. The van der Waals surface area contributed by atoms with E-state index in [9.17, 15) is 0 Å². The molecule has 0 saturated carbocycles. The molecular weight excluding hydrogens is 286 g/mol. The van der Waals surface area contributed by atoms with E-state index in [4.69, 9.17) is 36.1 Å². The summed E-state index contributed by atoms with van der Waals surface area (Å²) in [5, 5.41) is 18.1. The molecule has 0 unspecified atom stereocenters. The fourth-order valence-electron chi connectivity index (χ4n) is 1.17. The van der Waals surface area contributed by atoms with E-state index in [2.05, 4.69) is 17.4 Å². The number of carboxylic acids is 2. The lowest BCUT2D eigenvalue weighted by Gasteiger charge is -2.04. The van der Waals surface area contributed by atoms with Crippen molar-refractivity contribution in [3.05, 3.63) is 29.8 Å². The van der Waals surface area contributed by atoms with Crippen LogP contribution in [0.15, 0.2) is 24.3 Å². The number of hydrogen-bond donors (Lipinski definition) is 3. The first-order valence-electron chi connectivity index (χ1n) is 5.87. The van der Waals surface area contributed by atoms with Crippen LogP contribution >= 0.6 is 11.6 Å². The largest absolute Gasteiger partial charge is 0.497 e. The highest BCUT2D eigenvalue weighted by molar-refractivity contribution is 6.27. The molecule has 112 valence electrons. The van der Waals surface area contributed by atoms with Crippen LogP contribution in [0.3, 0.4) is 0 Å². The molecule has 6 nitrogen and oxygen atoms in total. The second-order valence-electron chi connectivity index (χ2n) is 3.68. The first-order chi connectivity index (χ1) is 9.51. The number of halogens is 1. The summed E-state index contributed by atoms with van der Waals surface area (Å²) in [5.41, 5.74) is 1.26. The number of benzene rings is 1. The maximum absolute atomic E-state index is 9.10. The smallest absolute Gasteiger partial charge is 0.414 e. The van der Waals surface area contributed by atoms with Crippen molar-refractivity contribution in [2.75, 3.05) is 19.5 Å². The van der Waals surface area contributed by atoms with Gasteiger partial charge in [-0.3, -0.25) is 0 Å². The Bertz CT molecular complexity index is 396. The van der Waals surface area contributed by atoms with Gasteiger partial charge in [0.15, 0.2) is 0 Å². The topological polar surface area (TPSA) is 95.9 Å². The zero-order chi connectivity index (χ0) is 15.4. The molecule has 7 heteroatoms. The summed E-state index contributed by atoms with van der Waals surface area (Å²) in [7, 11) is 1.67. The number of carbonyl (C=O) groups is 2. The monoisotopic (exact) mass is 303 g/mol. The first-order valence-corrected chi connectivity index (χ1v) is 6.40. The highest BCUT2D eigenvalue weighted by Crippen LogP contribution is 2.10. The Morgan fingerprint density at radius 2 is 1.75 bits per heavy atom. The highest BCUT2D eigenvalue weighted by Gasteiger charge is 2.04. The molecule has 1 rings (SSSR count). The number of rotatable bonds is 6. The molecule has 0 aliphatic heterocycles. The lowest BCUT2D eigenvalue weighted by Crippen LogP contribution is -2.14. The lowest BCUT2D eigenvalue weighted by atomic mass is 10.2. The third-order valence-electron chi connectivity index (χ3n) is 2.16. The third-order valence-corrected chi connectivity index (χ3v) is 2.43. The van der Waals surface area contributed by atoms with Gasteiger partial charge in [0.2, 0.25) is 0 Å². The number of aliphatic carboxylic acids is 2. The molecule has 0 atom stereocenters. The molecule has 1 aromatic carbocycles. The van der Waals surface area contributed by atoms with Gasteiger partial charge < -0.3 is 20.3 Å². The van der Waals surface area contributed by atoms with Gasteiger partial charge in [-0.25, -0.2) is 9.59 Å². The minimum atomic E-state index is -1.82. The Balaban J connectivity index is 0.000000511. The molecule has 0 saturated heterocycles. The van der Waals surface area contributed by atoms with Gasteiger partial charge in [0, 0.05) is 12.4 Å². The van der Waals surface area contributed by atoms with Gasteiger partial charge in [-0.1, -0.05) is 12.1 Å². The highest BCUT2D eigenvalue weighted by atomic mass is 35.5. The third kappa shape index (κ3) is 9.18. The molecule has 0 fully saturated rings. The summed E-state index contributed by atoms with van der Waals surface area (Å²) in [6.07, 6.45) is 1.01. The Kier molecular flexibility index (Phi) is 10.1. The number of carboxylic acid groups (broad SMARTS) is 2. The quantitative estimate of drug-likeness (QED) is 0.419. The minimum Gasteiger partial charge on any atom is -0.497 e. The Morgan fingerprint density at radius 1 is 1.20 bits per heavy atom. The van der Waals surface area contributed by atoms with E-state index in [0.717, 1.165) is 31.1 Å². The van der Waals surface area contributed by atoms with Crippen molar-refractivity contribution in [1.29, 1.82) is 0 Å². The van der Waals surface area contributed by atoms with Gasteiger partial charge in [0.25, 0.3) is 0 Å². The van der Waals surface area contributed by atoms with Crippen molar-refractivity contribution < 1.29 is 24.5 Å². The Hall–Kier alpha value is -1.79. The van der Waals surface area contributed by atoms with Crippen LogP contribution in [0.25, 0.3) is 0 Å². The maximum Gasteiger partial charge on any atom is 0.414 e. The molecule has 1 aromatic rings. The van der Waals surface area contributed by atoms with Crippen LogP contribution in [0, 0.1) is 0 Å². The maximum atomic E-state index is 9.10. The molecule has 0 aliphatic carbocycles. The van der Waals surface area contributed by atoms with E-state index in [-0.39, 0.29) is 0 Å². The summed E-state index contributed by atoms with van der Waals surface area (Å²) in [6, 6.07) is 8.07. The molecule has 20 heavy (non-hydrogen) atoms. The number of alkyl halides is 1. The van der Waals surface area contributed by atoms with Crippen molar-refractivity contribution in [2.45, 2.75) is 13.0 Å². The molecule has 0 aromatic heterocycles. The van der Waals surface area contributed by atoms with E-state index in [1.165, 1.54) is 5.56 Å². The lowest BCUT2D eigenvalue weighted by molar-refractivity contribution is -0.159. The summed E-state index contributed by atoms with van der Waals surface area (Å²) in [6.45, 7) is 1.86. The van der Waals surface area contributed by atoms with Gasteiger partial charge >= 0.3 is 11.9 Å². The molecule has 0 heterocycles. The second-order valence-corrected chi connectivity index (χ2v) is 4.06. The normalized spacial score (nSPS) is 9.30. The Morgan fingerprint density at radius 3 is 2.15 bits per heavy atom. The predicted octanol–water partition coefficient (Wildman–Crippen LogP) is 1.57. The molecule has 3 N–H and O–H groups in total. The van der Waals surface area contributed by atoms with Crippen molar-refractivity contribution in [1.82, 2.24) is 5.32 Å². The van der Waals surface area contributed by atoms with E-state index in [1.807, 2.05) is 12.1 Å². The van der Waals surface area contributed by atoms with Crippen LogP contribution < -0.4 is 10.1 Å². The number of ether oxygens (including phenoxy) is 1. The van der Waals surface area contributed by atoms with Crippen LogP contribution in [-0.4, -0.2) is 41.7 Å². The van der Waals surface area contributed by atoms with Gasteiger partial charge in [0.05, 0.1) is 7.11 Å². The average molecular weight is 304 g/mol. The standard InChI is InChI=1S/C11H16ClNO.C2H2O4/c1-14-11-5-3-10(4-6-11)9-13-8-2-7-12;3-1(4)2(5)6/h3-6,13H,2,7-9H2,1H3;(H,3,4)(H,5,6). The molecule has 0 bridgehead atoms. The van der Waals surface area contributed by atoms with Crippen molar-refractivity contribution in [3.63, 3.8) is 0 Å². The molecule has 0 amide bonds. The first kappa shape index (κ1) is 18.2. The molecule has 0 spiro atoms. The van der Waals surface area contributed by atoms with E-state index >= 15 is 0 Å². The summed E-state index contributed by atoms with van der Waals surface area (Å²) < 4.78 is 5.07. The summed E-state index contributed by atoms with van der Waals surface area (Å²) in [5.74, 6) is -2.03. The van der Waals surface area contributed by atoms with Crippen LogP contribution in [0.2, 0.25) is 0 Å². The van der Waals surface area contributed by atoms with Gasteiger partial charge in [-0.15, -0.1) is 11.6 Å². The fraction of sp³-hybridized carbons (Fsp3) is 0.385. The van der Waals surface area contributed by atoms with Crippen LogP contribution in [0.5, 0.6) is 5.75 Å². The van der Waals surface area contributed by atoms with Gasteiger partial charge in [-0.05, 0) is 30.7 Å². The number of hydrogen-bond acceptors (Lipinski definition) is 4. The van der Waals surface area contributed by atoms with Crippen LogP contribution in [0.1, 0.15) is 12.0 Å². The fourth-order valence-corrected chi connectivity index (χ4v) is 1.30. The van der Waals surface area contributed by atoms with Gasteiger partial charge in [0.1, 0.15) is 5.75 Å². The van der Waals surface area contributed by atoms with Crippen LogP contribution in [0.4, 0.5) is 0 Å². The average Bonchev–Trinajstić information content (AvgIpc) is 2.45. The predicted molar refractivity (Wildman–Crippen MR) is 75.3 cm³/mol. The van der Waals surface area contributed by atoms with E-state index in [1.54, 1.807) is 7.11 Å². The molecule has 0 radical (unpaired) electrons. The summed E-state index contributed by atoms with van der Waals surface area (Å²) in [4.78, 5) is 18.2. The zero-order valence-corrected chi connectivity index (χ0v) is 11.9. The summed E-state index contributed by atoms with van der Waals surface area (Å²) >= 11 is 5.57. The van der Waals surface area contributed by atoms with Crippen LogP contribution in [-0.2, 0) is 16.1 Å². The Labute approximate surface area is 122 Å².